The van der Waals surface area contributed by atoms with E-state index in [9.17, 15) is 10.2 Å². The van der Waals surface area contributed by atoms with Crippen LogP contribution in [-0.2, 0) is 0 Å². The fourth-order valence-electron chi connectivity index (χ4n) is 4.75. The van der Waals surface area contributed by atoms with Crippen molar-refractivity contribution in [3.05, 3.63) is 0 Å². The summed E-state index contributed by atoms with van der Waals surface area (Å²) >= 11 is 0. The average molecular weight is 470 g/mol. The van der Waals surface area contributed by atoms with Crippen molar-refractivity contribution in [3.63, 3.8) is 0 Å². The zero-order valence-electron chi connectivity index (χ0n) is 22.9. The molecule has 3 nitrogen and oxygen atoms in total. The van der Waals surface area contributed by atoms with E-state index < -0.39 is 12.5 Å². The van der Waals surface area contributed by atoms with Crippen LogP contribution in [0.2, 0.25) is 0 Å². The molecular formula is C30H63NO2. The summed E-state index contributed by atoms with van der Waals surface area (Å²) in [4.78, 5) is 0. The van der Waals surface area contributed by atoms with Crippen molar-refractivity contribution in [1.82, 2.24) is 5.32 Å². The lowest BCUT2D eigenvalue weighted by Gasteiger charge is -2.18. The molecule has 0 heterocycles. The van der Waals surface area contributed by atoms with E-state index in [2.05, 4.69) is 19.2 Å². The van der Waals surface area contributed by atoms with Gasteiger partial charge in [0, 0.05) is 0 Å². The molecule has 0 spiro atoms. The third kappa shape index (κ3) is 28.0. The Morgan fingerprint density at radius 1 is 0.364 bits per heavy atom. The van der Waals surface area contributed by atoms with Crippen molar-refractivity contribution < 1.29 is 10.2 Å². The second-order valence-electron chi connectivity index (χ2n) is 10.6. The van der Waals surface area contributed by atoms with E-state index in [-0.39, 0.29) is 0 Å². The minimum Gasteiger partial charge on any atom is -0.379 e. The molecule has 0 aliphatic rings. The van der Waals surface area contributed by atoms with Crippen LogP contribution in [0.5, 0.6) is 0 Å². The van der Waals surface area contributed by atoms with Crippen LogP contribution in [0.3, 0.4) is 0 Å². The smallest absolute Gasteiger partial charge is 0.106 e. The van der Waals surface area contributed by atoms with Gasteiger partial charge < -0.3 is 10.2 Å². The van der Waals surface area contributed by atoms with E-state index in [1.165, 1.54) is 141 Å². The lowest BCUT2D eigenvalue weighted by Crippen LogP contribution is -2.38. The summed E-state index contributed by atoms with van der Waals surface area (Å²) in [6, 6.07) is 0. The summed E-state index contributed by atoms with van der Waals surface area (Å²) in [5.41, 5.74) is 0. The van der Waals surface area contributed by atoms with Crippen molar-refractivity contribution in [1.29, 1.82) is 0 Å². The third-order valence-corrected chi connectivity index (χ3v) is 7.05. The monoisotopic (exact) mass is 469 g/mol. The second kappa shape index (κ2) is 28.1. The lowest BCUT2D eigenvalue weighted by atomic mass is 10.0. The SMILES string of the molecule is CCCCCCCCCCCCCCCCCCCC(O)NC(O)CCCCCCCCC. The first-order valence-electron chi connectivity index (χ1n) is 15.3. The summed E-state index contributed by atoms with van der Waals surface area (Å²) in [7, 11) is 0. The Morgan fingerprint density at radius 2 is 0.576 bits per heavy atom. The van der Waals surface area contributed by atoms with Gasteiger partial charge in [0.15, 0.2) is 0 Å². The van der Waals surface area contributed by atoms with Crippen LogP contribution >= 0.6 is 0 Å². The third-order valence-electron chi connectivity index (χ3n) is 7.05. The Hall–Kier alpha value is -0.120. The number of aliphatic hydroxyl groups excluding tert-OH is 2. The molecule has 0 rings (SSSR count). The van der Waals surface area contributed by atoms with Crippen LogP contribution in [-0.4, -0.2) is 22.7 Å². The molecule has 0 amide bonds. The van der Waals surface area contributed by atoms with Gasteiger partial charge in [-0.3, -0.25) is 5.32 Å². The minimum atomic E-state index is -0.555. The van der Waals surface area contributed by atoms with Crippen LogP contribution in [0.25, 0.3) is 0 Å². The molecule has 0 aromatic heterocycles. The predicted molar refractivity (Wildman–Crippen MR) is 147 cm³/mol. The maximum atomic E-state index is 10.1. The van der Waals surface area contributed by atoms with Crippen molar-refractivity contribution in [2.45, 2.75) is 193 Å². The summed E-state index contributed by atoms with van der Waals surface area (Å²) in [6.07, 6.45) is 32.6. The molecule has 0 aliphatic heterocycles. The molecule has 2 unspecified atom stereocenters. The zero-order valence-corrected chi connectivity index (χ0v) is 22.9. The maximum Gasteiger partial charge on any atom is 0.106 e. The molecular weight excluding hydrogens is 406 g/mol. The van der Waals surface area contributed by atoms with Gasteiger partial charge in [0.1, 0.15) is 12.5 Å². The Balaban J connectivity index is 3.23. The van der Waals surface area contributed by atoms with E-state index in [4.69, 9.17) is 0 Å². The first-order chi connectivity index (χ1) is 16.2. The summed E-state index contributed by atoms with van der Waals surface area (Å²) in [5.74, 6) is 0. The largest absolute Gasteiger partial charge is 0.379 e. The fraction of sp³-hybridized carbons (Fsp3) is 1.00. The van der Waals surface area contributed by atoms with E-state index >= 15 is 0 Å². The van der Waals surface area contributed by atoms with Crippen LogP contribution in [0.15, 0.2) is 0 Å². The summed E-state index contributed by atoms with van der Waals surface area (Å²) in [6.45, 7) is 4.53. The van der Waals surface area contributed by atoms with Gasteiger partial charge in [0.2, 0.25) is 0 Å². The minimum absolute atomic E-state index is 0.554. The quantitative estimate of drug-likeness (QED) is 0.0790. The highest BCUT2D eigenvalue weighted by atomic mass is 16.3. The van der Waals surface area contributed by atoms with Crippen LogP contribution in [0, 0.1) is 0 Å². The lowest BCUT2D eigenvalue weighted by molar-refractivity contribution is 0.0310. The van der Waals surface area contributed by atoms with E-state index in [0.717, 1.165) is 25.7 Å². The average Bonchev–Trinajstić information content (AvgIpc) is 2.80. The number of hydrogen-bond acceptors (Lipinski definition) is 3. The van der Waals surface area contributed by atoms with Crippen LogP contribution in [0.4, 0.5) is 0 Å². The van der Waals surface area contributed by atoms with Gasteiger partial charge in [-0.1, -0.05) is 155 Å². The maximum absolute atomic E-state index is 10.1. The molecule has 0 aliphatic carbocycles. The number of unbranched alkanes of at least 4 members (excludes halogenated alkanes) is 22. The van der Waals surface area contributed by atoms with Crippen molar-refractivity contribution in [3.8, 4) is 0 Å². The van der Waals surface area contributed by atoms with Gasteiger partial charge >= 0.3 is 0 Å². The fourth-order valence-corrected chi connectivity index (χ4v) is 4.75. The molecule has 0 radical (unpaired) electrons. The van der Waals surface area contributed by atoms with E-state index in [1.54, 1.807) is 0 Å². The molecule has 0 aromatic rings. The Labute approximate surface area is 208 Å². The number of rotatable bonds is 28. The first-order valence-corrected chi connectivity index (χ1v) is 15.3. The van der Waals surface area contributed by atoms with Gasteiger partial charge in [-0.2, -0.15) is 0 Å². The molecule has 0 fully saturated rings. The van der Waals surface area contributed by atoms with Gasteiger partial charge in [-0.05, 0) is 25.7 Å². The van der Waals surface area contributed by atoms with Crippen molar-refractivity contribution >= 4 is 0 Å². The van der Waals surface area contributed by atoms with Crippen LogP contribution < -0.4 is 5.32 Å². The van der Waals surface area contributed by atoms with E-state index in [0.29, 0.717) is 0 Å². The predicted octanol–water partition coefficient (Wildman–Crippen LogP) is 9.40. The molecule has 0 bridgehead atoms. The zero-order chi connectivity index (χ0) is 24.2. The highest BCUT2D eigenvalue weighted by molar-refractivity contribution is 4.60. The Kier molecular flexibility index (Phi) is 28.0. The van der Waals surface area contributed by atoms with Crippen molar-refractivity contribution in [2.75, 3.05) is 0 Å². The number of aliphatic hydroxyl groups is 2. The summed E-state index contributed by atoms with van der Waals surface area (Å²) in [5, 5.41) is 23.1. The topological polar surface area (TPSA) is 52.5 Å². The highest BCUT2D eigenvalue weighted by Gasteiger charge is 2.09. The van der Waals surface area contributed by atoms with Gasteiger partial charge in [0.25, 0.3) is 0 Å². The summed E-state index contributed by atoms with van der Waals surface area (Å²) < 4.78 is 0. The number of nitrogens with one attached hydrogen (secondary N) is 1. The molecule has 3 heteroatoms. The second-order valence-corrected chi connectivity index (χ2v) is 10.6. The molecule has 2 atom stereocenters. The van der Waals surface area contributed by atoms with Crippen molar-refractivity contribution in [2.24, 2.45) is 0 Å². The molecule has 200 valence electrons. The Morgan fingerprint density at radius 3 is 0.818 bits per heavy atom. The van der Waals surface area contributed by atoms with Gasteiger partial charge in [-0.25, -0.2) is 0 Å². The normalized spacial score (nSPS) is 13.5. The first kappa shape index (κ1) is 32.9. The standard InChI is InChI=1S/C30H63NO2/c1-3-5-7-9-11-12-13-14-15-16-17-18-19-20-22-24-26-28-30(33)31-29(32)27-25-23-21-10-8-6-4-2/h29-33H,3-28H2,1-2H3. The number of hydrogen-bond donors (Lipinski definition) is 3. The molecule has 3 N–H and O–H groups in total. The van der Waals surface area contributed by atoms with Gasteiger partial charge in [0.05, 0.1) is 0 Å². The van der Waals surface area contributed by atoms with E-state index in [1.807, 2.05) is 0 Å². The molecule has 0 aromatic carbocycles. The molecule has 0 saturated heterocycles. The van der Waals surface area contributed by atoms with Crippen LogP contribution in [0.1, 0.15) is 181 Å². The highest BCUT2D eigenvalue weighted by Crippen LogP contribution is 2.15. The van der Waals surface area contributed by atoms with Gasteiger partial charge in [-0.15, -0.1) is 0 Å². The molecule has 33 heavy (non-hydrogen) atoms. The Bertz CT molecular complexity index is 350. The molecule has 0 saturated carbocycles.